The second-order valence-corrected chi connectivity index (χ2v) is 7.23. The number of sulfonamides is 1. The zero-order chi connectivity index (χ0) is 16.6. The molecular formula is C13H8F2N4O2S2. The minimum absolute atomic E-state index is 0.219. The number of para-hydroxylation sites is 1. The zero-order valence-corrected chi connectivity index (χ0v) is 12.9. The number of aromatic nitrogens is 2. The molecule has 3 aromatic rings. The Morgan fingerprint density at radius 3 is 2.83 bits per heavy atom. The van der Waals surface area contributed by atoms with E-state index in [0.29, 0.717) is 28.0 Å². The van der Waals surface area contributed by atoms with Crippen molar-refractivity contribution in [2.75, 3.05) is 4.72 Å². The van der Waals surface area contributed by atoms with E-state index in [1.807, 2.05) is 6.07 Å². The molecule has 118 valence electrons. The Hall–Kier alpha value is -2.51. The van der Waals surface area contributed by atoms with E-state index < -0.39 is 22.1 Å². The van der Waals surface area contributed by atoms with E-state index >= 15 is 0 Å². The van der Waals surface area contributed by atoms with E-state index in [9.17, 15) is 17.2 Å². The van der Waals surface area contributed by atoms with Gasteiger partial charge in [-0.15, -0.1) is 0 Å². The lowest BCUT2D eigenvalue weighted by Crippen LogP contribution is -2.11. The fraction of sp³-hybridized carbons (Fsp3) is 0.0769. The number of nitriles is 1. The standard InChI is InChI=1S/C13H8F2N4O2S2/c14-13(15)10-4-11(22-18-10)23(20,21)19-9-3-1-2-8-7(5-16)6-17-12(8)9/h1-4,6,13,17,19H. The number of benzene rings is 1. The molecule has 0 fully saturated rings. The van der Waals surface area contributed by atoms with Crippen LogP contribution in [0.15, 0.2) is 34.7 Å². The van der Waals surface area contributed by atoms with Crippen molar-refractivity contribution in [3.8, 4) is 6.07 Å². The Labute approximate surface area is 133 Å². The molecule has 0 aliphatic carbocycles. The van der Waals surface area contributed by atoms with E-state index in [2.05, 4.69) is 14.1 Å². The minimum Gasteiger partial charge on any atom is -0.358 e. The maximum absolute atomic E-state index is 12.5. The van der Waals surface area contributed by atoms with Crippen molar-refractivity contribution in [2.45, 2.75) is 10.6 Å². The lowest BCUT2D eigenvalue weighted by Gasteiger charge is -2.07. The van der Waals surface area contributed by atoms with E-state index in [4.69, 9.17) is 5.26 Å². The molecule has 0 radical (unpaired) electrons. The summed E-state index contributed by atoms with van der Waals surface area (Å²) in [5.41, 5.74) is 0.446. The van der Waals surface area contributed by atoms with Gasteiger partial charge in [0.25, 0.3) is 16.4 Å². The molecule has 0 saturated heterocycles. The van der Waals surface area contributed by atoms with Gasteiger partial charge in [-0.1, -0.05) is 12.1 Å². The van der Waals surface area contributed by atoms with Crippen molar-refractivity contribution in [2.24, 2.45) is 0 Å². The van der Waals surface area contributed by atoms with Gasteiger partial charge in [-0.3, -0.25) is 4.72 Å². The molecule has 1 aromatic carbocycles. The normalized spacial score (nSPS) is 11.7. The van der Waals surface area contributed by atoms with Crippen molar-refractivity contribution in [3.63, 3.8) is 0 Å². The maximum atomic E-state index is 12.5. The Morgan fingerprint density at radius 1 is 1.39 bits per heavy atom. The largest absolute Gasteiger partial charge is 0.358 e. The molecule has 23 heavy (non-hydrogen) atoms. The van der Waals surface area contributed by atoms with Crippen LogP contribution in [0.2, 0.25) is 0 Å². The smallest absolute Gasteiger partial charge is 0.281 e. The fourth-order valence-electron chi connectivity index (χ4n) is 2.03. The van der Waals surface area contributed by atoms with Crippen LogP contribution < -0.4 is 4.72 Å². The first-order valence-corrected chi connectivity index (χ1v) is 8.46. The third-order valence-electron chi connectivity index (χ3n) is 3.08. The first kappa shape index (κ1) is 15.4. The van der Waals surface area contributed by atoms with E-state index in [0.717, 1.165) is 6.07 Å². The molecule has 10 heteroatoms. The Bertz CT molecular complexity index is 1020. The SMILES string of the molecule is N#Cc1c[nH]c2c(NS(=O)(=O)c3cc(C(F)F)ns3)cccc12. The summed E-state index contributed by atoms with van der Waals surface area (Å²) in [7, 11) is -4.05. The van der Waals surface area contributed by atoms with Crippen LogP contribution in [0.3, 0.4) is 0 Å². The third-order valence-corrected chi connectivity index (χ3v) is 5.69. The van der Waals surface area contributed by atoms with E-state index in [1.165, 1.54) is 12.3 Å². The molecule has 0 atom stereocenters. The van der Waals surface area contributed by atoms with Gasteiger partial charge in [0.1, 0.15) is 11.8 Å². The second kappa shape index (κ2) is 5.60. The molecule has 0 unspecified atom stereocenters. The predicted octanol–water partition coefficient (Wildman–Crippen LogP) is 3.23. The Balaban J connectivity index is 2.00. The first-order valence-electron chi connectivity index (χ1n) is 6.20. The summed E-state index contributed by atoms with van der Waals surface area (Å²) in [6.45, 7) is 0. The highest BCUT2D eigenvalue weighted by molar-refractivity contribution is 7.94. The predicted molar refractivity (Wildman–Crippen MR) is 80.9 cm³/mol. The van der Waals surface area contributed by atoms with E-state index in [-0.39, 0.29) is 9.90 Å². The molecule has 2 N–H and O–H groups in total. The monoisotopic (exact) mass is 354 g/mol. The van der Waals surface area contributed by atoms with Gasteiger partial charge in [0.05, 0.1) is 16.8 Å². The summed E-state index contributed by atoms with van der Waals surface area (Å²) in [5.74, 6) is 0. The maximum Gasteiger partial charge on any atom is 0.281 e. The summed E-state index contributed by atoms with van der Waals surface area (Å²) < 4.78 is 55.1. The van der Waals surface area contributed by atoms with Gasteiger partial charge in [-0.25, -0.2) is 17.2 Å². The number of hydrogen-bond donors (Lipinski definition) is 2. The van der Waals surface area contributed by atoms with E-state index in [1.54, 1.807) is 12.1 Å². The number of alkyl halides is 2. The molecule has 6 nitrogen and oxygen atoms in total. The highest BCUT2D eigenvalue weighted by Gasteiger charge is 2.22. The Kier molecular flexibility index (Phi) is 3.75. The summed E-state index contributed by atoms with van der Waals surface area (Å²) in [6, 6.07) is 7.59. The summed E-state index contributed by atoms with van der Waals surface area (Å²) >= 11 is 0.476. The number of fused-ring (bicyclic) bond motifs is 1. The van der Waals surface area contributed by atoms with Crippen LogP contribution in [0.1, 0.15) is 17.7 Å². The molecule has 0 aliphatic heterocycles. The number of hydrogen-bond acceptors (Lipinski definition) is 5. The molecular weight excluding hydrogens is 346 g/mol. The Morgan fingerprint density at radius 2 is 2.17 bits per heavy atom. The zero-order valence-electron chi connectivity index (χ0n) is 11.2. The van der Waals surface area contributed by atoms with Crippen molar-refractivity contribution < 1.29 is 17.2 Å². The second-order valence-electron chi connectivity index (χ2n) is 4.52. The molecule has 2 aromatic heterocycles. The molecule has 2 heterocycles. The summed E-state index contributed by atoms with van der Waals surface area (Å²) in [6.07, 6.45) is -1.37. The molecule has 0 aliphatic rings. The highest BCUT2D eigenvalue weighted by Crippen LogP contribution is 2.29. The molecule has 0 spiro atoms. The van der Waals surface area contributed by atoms with Gasteiger partial charge in [-0.2, -0.15) is 9.64 Å². The number of nitrogens with one attached hydrogen (secondary N) is 2. The van der Waals surface area contributed by atoms with Gasteiger partial charge in [0.2, 0.25) is 0 Å². The third kappa shape index (κ3) is 2.76. The number of rotatable bonds is 4. The number of nitrogens with zero attached hydrogens (tertiary/aromatic N) is 2. The van der Waals surface area contributed by atoms with Gasteiger partial charge >= 0.3 is 0 Å². The van der Waals surface area contributed by atoms with Gasteiger partial charge in [-0.05, 0) is 23.7 Å². The average Bonchev–Trinajstić information content (AvgIpc) is 3.14. The van der Waals surface area contributed by atoms with Crippen LogP contribution >= 0.6 is 11.5 Å². The first-order chi connectivity index (χ1) is 10.9. The minimum atomic E-state index is -4.05. The topological polar surface area (TPSA) is 98.6 Å². The van der Waals surface area contributed by atoms with Crippen molar-refractivity contribution in [1.29, 1.82) is 5.26 Å². The summed E-state index contributed by atoms with van der Waals surface area (Å²) in [4.78, 5) is 2.82. The molecule has 0 bridgehead atoms. The molecule has 3 rings (SSSR count). The van der Waals surface area contributed by atoms with Crippen LogP contribution in [0.4, 0.5) is 14.5 Å². The van der Waals surface area contributed by atoms with Crippen LogP contribution in [0.5, 0.6) is 0 Å². The number of anilines is 1. The molecule has 0 saturated carbocycles. The van der Waals surface area contributed by atoms with Crippen LogP contribution in [0, 0.1) is 11.3 Å². The fourth-order valence-corrected chi connectivity index (χ4v) is 3.99. The van der Waals surface area contributed by atoms with Crippen LogP contribution in [-0.4, -0.2) is 17.8 Å². The van der Waals surface area contributed by atoms with Gasteiger partial charge in [0, 0.05) is 11.6 Å². The van der Waals surface area contributed by atoms with Gasteiger partial charge in [0.15, 0.2) is 4.21 Å². The lowest BCUT2D eigenvalue weighted by atomic mass is 10.2. The van der Waals surface area contributed by atoms with Gasteiger partial charge < -0.3 is 4.98 Å². The van der Waals surface area contributed by atoms with Crippen LogP contribution in [0.25, 0.3) is 10.9 Å². The van der Waals surface area contributed by atoms with Crippen molar-refractivity contribution in [3.05, 3.63) is 41.7 Å². The quantitative estimate of drug-likeness (QED) is 0.751. The van der Waals surface area contributed by atoms with Crippen molar-refractivity contribution in [1.82, 2.24) is 9.36 Å². The molecule has 0 amide bonds. The number of aromatic amines is 1. The number of halogens is 2. The van der Waals surface area contributed by atoms with Crippen molar-refractivity contribution >= 4 is 38.1 Å². The number of H-pyrrole nitrogens is 1. The lowest BCUT2D eigenvalue weighted by molar-refractivity contribution is 0.147. The highest BCUT2D eigenvalue weighted by atomic mass is 32.2. The average molecular weight is 354 g/mol. The van der Waals surface area contributed by atoms with Crippen LogP contribution in [-0.2, 0) is 10.0 Å². The summed E-state index contributed by atoms with van der Waals surface area (Å²) in [5, 5.41) is 9.55.